The summed E-state index contributed by atoms with van der Waals surface area (Å²) in [6.45, 7) is 10.6. The van der Waals surface area contributed by atoms with Crippen LogP contribution in [-0.2, 0) is 9.84 Å². The fourth-order valence-electron chi connectivity index (χ4n) is 1.47. The van der Waals surface area contributed by atoms with Gasteiger partial charge in [-0.15, -0.1) is 0 Å². The van der Waals surface area contributed by atoms with E-state index in [1.54, 1.807) is 6.92 Å². The van der Waals surface area contributed by atoms with E-state index in [-0.39, 0.29) is 23.0 Å². The van der Waals surface area contributed by atoms with Crippen molar-refractivity contribution < 1.29 is 8.42 Å². The molecule has 0 rings (SSSR count). The molecule has 92 valence electrons. The van der Waals surface area contributed by atoms with Gasteiger partial charge in [0.1, 0.15) is 0 Å². The van der Waals surface area contributed by atoms with Crippen LogP contribution in [0.25, 0.3) is 0 Å². The average molecular weight is 235 g/mol. The van der Waals surface area contributed by atoms with E-state index in [4.69, 9.17) is 0 Å². The number of rotatable bonds is 7. The van der Waals surface area contributed by atoms with Gasteiger partial charge in [-0.3, -0.25) is 0 Å². The van der Waals surface area contributed by atoms with Gasteiger partial charge in [0.2, 0.25) is 0 Å². The van der Waals surface area contributed by atoms with Crippen molar-refractivity contribution in [3.63, 3.8) is 0 Å². The molecule has 2 atom stereocenters. The molecular weight excluding hydrogens is 210 g/mol. The summed E-state index contributed by atoms with van der Waals surface area (Å²) in [6.07, 6.45) is 1.03. The maximum Gasteiger partial charge on any atom is 0.154 e. The smallest absolute Gasteiger partial charge is 0.154 e. The highest BCUT2D eigenvalue weighted by molar-refractivity contribution is 7.92. The third-order valence-electron chi connectivity index (χ3n) is 2.55. The van der Waals surface area contributed by atoms with Crippen molar-refractivity contribution in [2.75, 3.05) is 12.3 Å². The molecule has 0 aliphatic rings. The molecule has 2 unspecified atom stereocenters. The van der Waals surface area contributed by atoms with Gasteiger partial charge in [-0.2, -0.15) is 0 Å². The van der Waals surface area contributed by atoms with E-state index in [1.807, 2.05) is 20.8 Å². The lowest BCUT2D eigenvalue weighted by Gasteiger charge is -2.22. The second-order valence-electron chi connectivity index (χ2n) is 4.67. The Morgan fingerprint density at radius 3 is 2.07 bits per heavy atom. The predicted molar refractivity (Wildman–Crippen MR) is 65.8 cm³/mol. The summed E-state index contributed by atoms with van der Waals surface area (Å²) in [4.78, 5) is 0. The van der Waals surface area contributed by atoms with Crippen LogP contribution in [0.1, 0.15) is 41.0 Å². The number of hydrogen-bond acceptors (Lipinski definition) is 3. The Balaban J connectivity index is 4.34. The summed E-state index contributed by atoms with van der Waals surface area (Å²) in [5.74, 6) is 0.489. The lowest BCUT2D eigenvalue weighted by molar-refractivity contribution is 0.504. The van der Waals surface area contributed by atoms with Crippen LogP contribution in [0.3, 0.4) is 0 Å². The summed E-state index contributed by atoms with van der Waals surface area (Å²) >= 11 is 0. The first-order valence-corrected chi connectivity index (χ1v) is 7.47. The van der Waals surface area contributed by atoms with Gasteiger partial charge >= 0.3 is 0 Å². The minimum Gasteiger partial charge on any atom is -0.313 e. The van der Waals surface area contributed by atoms with E-state index in [0.717, 1.165) is 13.0 Å². The van der Waals surface area contributed by atoms with Gasteiger partial charge in [-0.05, 0) is 32.7 Å². The van der Waals surface area contributed by atoms with E-state index in [1.165, 1.54) is 0 Å². The molecular formula is C11H25NO2S. The SMILES string of the molecule is CCCNC(C)C(C)S(=O)(=O)CC(C)C. The van der Waals surface area contributed by atoms with E-state index in [0.29, 0.717) is 0 Å². The summed E-state index contributed by atoms with van der Waals surface area (Å²) < 4.78 is 23.8. The highest BCUT2D eigenvalue weighted by Crippen LogP contribution is 2.11. The molecule has 4 heteroatoms. The zero-order valence-corrected chi connectivity index (χ0v) is 11.4. The van der Waals surface area contributed by atoms with Crippen LogP contribution in [0.2, 0.25) is 0 Å². The van der Waals surface area contributed by atoms with Crippen LogP contribution in [0.4, 0.5) is 0 Å². The van der Waals surface area contributed by atoms with Gasteiger partial charge in [-0.1, -0.05) is 20.8 Å². The highest BCUT2D eigenvalue weighted by Gasteiger charge is 2.26. The Labute approximate surface area is 94.6 Å². The lowest BCUT2D eigenvalue weighted by atomic mass is 10.2. The van der Waals surface area contributed by atoms with Crippen molar-refractivity contribution >= 4 is 9.84 Å². The van der Waals surface area contributed by atoms with E-state index in [9.17, 15) is 8.42 Å². The molecule has 0 aliphatic carbocycles. The molecule has 15 heavy (non-hydrogen) atoms. The van der Waals surface area contributed by atoms with Crippen molar-refractivity contribution in [3.05, 3.63) is 0 Å². The van der Waals surface area contributed by atoms with Crippen LogP contribution in [0.15, 0.2) is 0 Å². The molecule has 0 heterocycles. The standard InChI is InChI=1S/C11H25NO2S/c1-6-7-12-10(4)11(5)15(13,14)8-9(2)3/h9-12H,6-8H2,1-5H3. The first-order chi connectivity index (χ1) is 6.81. The Morgan fingerprint density at radius 1 is 1.13 bits per heavy atom. The van der Waals surface area contributed by atoms with Crippen molar-refractivity contribution in [2.24, 2.45) is 5.92 Å². The molecule has 0 aromatic heterocycles. The number of nitrogens with one attached hydrogen (secondary N) is 1. The predicted octanol–water partition coefficient (Wildman–Crippen LogP) is 1.83. The Morgan fingerprint density at radius 2 is 1.67 bits per heavy atom. The second-order valence-corrected chi connectivity index (χ2v) is 7.07. The maximum absolute atomic E-state index is 11.9. The Hall–Kier alpha value is -0.0900. The molecule has 3 nitrogen and oxygen atoms in total. The second kappa shape index (κ2) is 6.48. The minimum absolute atomic E-state index is 0.0358. The van der Waals surface area contributed by atoms with Gasteiger partial charge < -0.3 is 5.32 Å². The van der Waals surface area contributed by atoms with Crippen molar-refractivity contribution in [3.8, 4) is 0 Å². The summed E-state index contributed by atoms with van der Waals surface area (Å²) in [5.41, 5.74) is 0. The maximum atomic E-state index is 11.9. The molecule has 0 aromatic carbocycles. The molecule has 0 aliphatic heterocycles. The summed E-state index contributed by atoms with van der Waals surface area (Å²) in [7, 11) is -2.95. The van der Waals surface area contributed by atoms with Gasteiger partial charge in [-0.25, -0.2) is 8.42 Å². The summed E-state index contributed by atoms with van der Waals surface area (Å²) in [5, 5.41) is 2.93. The fraction of sp³-hybridized carbons (Fsp3) is 1.00. The minimum atomic E-state index is -2.95. The van der Waals surface area contributed by atoms with Crippen molar-refractivity contribution in [1.29, 1.82) is 0 Å². The monoisotopic (exact) mass is 235 g/mol. The van der Waals surface area contributed by atoms with Crippen LogP contribution >= 0.6 is 0 Å². The average Bonchev–Trinajstić information content (AvgIpc) is 2.10. The molecule has 0 bridgehead atoms. The molecule has 0 radical (unpaired) electrons. The molecule has 0 amide bonds. The largest absolute Gasteiger partial charge is 0.313 e. The third-order valence-corrected chi connectivity index (χ3v) is 5.22. The van der Waals surface area contributed by atoms with Gasteiger partial charge in [0.15, 0.2) is 9.84 Å². The first kappa shape index (κ1) is 14.9. The van der Waals surface area contributed by atoms with Crippen LogP contribution in [-0.4, -0.2) is 32.0 Å². The van der Waals surface area contributed by atoms with Crippen molar-refractivity contribution in [1.82, 2.24) is 5.32 Å². The fourth-order valence-corrected chi connectivity index (χ4v) is 3.42. The zero-order chi connectivity index (χ0) is 12.1. The lowest BCUT2D eigenvalue weighted by Crippen LogP contribution is -2.42. The van der Waals surface area contributed by atoms with Gasteiger partial charge in [0.25, 0.3) is 0 Å². The van der Waals surface area contributed by atoms with Crippen LogP contribution < -0.4 is 5.32 Å². The quantitative estimate of drug-likeness (QED) is 0.732. The molecule has 0 spiro atoms. The normalized spacial score (nSPS) is 16.7. The Kier molecular flexibility index (Phi) is 6.44. The Bertz CT molecular complexity index is 260. The number of hydrogen-bond donors (Lipinski definition) is 1. The van der Waals surface area contributed by atoms with Crippen molar-refractivity contribution in [2.45, 2.75) is 52.3 Å². The van der Waals surface area contributed by atoms with E-state index >= 15 is 0 Å². The zero-order valence-electron chi connectivity index (χ0n) is 10.6. The third kappa shape index (κ3) is 5.52. The van der Waals surface area contributed by atoms with Crippen LogP contribution in [0, 0.1) is 5.92 Å². The van der Waals surface area contributed by atoms with E-state index in [2.05, 4.69) is 12.2 Å². The molecule has 1 N–H and O–H groups in total. The van der Waals surface area contributed by atoms with Crippen LogP contribution in [0.5, 0.6) is 0 Å². The summed E-state index contributed by atoms with van der Waals surface area (Å²) in [6, 6.07) is 0.0358. The highest BCUT2D eigenvalue weighted by atomic mass is 32.2. The first-order valence-electron chi connectivity index (χ1n) is 5.76. The van der Waals surface area contributed by atoms with E-state index < -0.39 is 9.84 Å². The van der Waals surface area contributed by atoms with Gasteiger partial charge in [0, 0.05) is 6.04 Å². The van der Waals surface area contributed by atoms with Gasteiger partial charge in [0.05, 0.1) is 11.0 Å². The topological polar surface area (TPSA) is 46.2 Å². The molecule has 0 aromatic rings. The molecule has 0 saturated heterocycles. The number of sulfone groups is 1. The molecule has 0 saturated carbocycles. The molecule has 0 fully saturated rings.